The molecule has 5 rings (SSSR count). The zero-order valence-corrected chi connectivity index (χ0v) is 17.7. The van der Waals surface area contributed by atoms with Crippen LogP contribution in [0.25, 0.3) is 33.2 Å². The molecule has 1 amide bonds. The minimum absolute atomic E-state index is 0.157. The van der Waals surface area contributed by atoms with Crippen LogP contribution in [0, 0.1) is 0 Å². The highest BCUT2D eigenvalue weighted by atomic mass is 35.5. The smallest absolute Gasteiger partial charge is 0.272 e. The van der Waals surface area contributed by atoms with Gasteiger partial charge in [-0.3, -0.25) is 9.59 Å². The van der Waals surface area contributed by atoms with Crippen LogP contribution in [0.1, 0.15) is 10.5 Å². The summed E-state index contributed by atoms with van der Waals surface area (Å²) >= 11 is 6.17. The Morgan fingerprint density at radius 1 is 1.03 bits per heavy atom. The van der Waals surface area contributed by atoms with Gasteiger partial charge in [-0.15, -0.1) is 0 Å². The van der Waals surface area contributed by atoms with Gasteiger partial charge in [0.25, 0.3) is 5.91 Å². The van der Waals surface area contributed by atoms with E-state index in [4.69, 9.17) is 20.8 Å². The van der Waals surface area contributed by atoms with Crippen molar-refractivity contribution in [1.82, 2.24) is 4.98 Å². The van der Waals surface area contributed by atoms with E-state index >= 15 is 0 Å². The van der Waals surface area contributed by atoms with Gasteiger partial charge >= 0.3 is 0 Å². The van der Waals surface area contributed by atoms with Gasteiger partial charge in [0.2, 0.25) is 0 Å². The van der Waals surface area contributed by atoms with Crippen LogP contribution in [0.5, 0.6) is 5.75 Å². The first kappa shape index (κ1) is 19.9. The van der Waals surface area contributed by atoms with E-state index in [2.05, 4.69) is 10.3 Å². The average molecular weight is 445 g/mol. The topological polar surface area (TPSA) is 84.3 Å². The number of halogens is 1. The number of nitrogens with one attached hydrogen (secondary N) is 2. The number of hydrogen-bond acceptors (Lipinski definition) is 4. The van der Waals surface area contributed by atoms with Gasteiger partial charge in [0.15, 0.2) is 5.43 Å². The van der Waals surface area contributed by atoms with Crippen LogP contribution in [0.3, 0.4) is 0 Å². The standard InChI is InChI=1S/C25H17ClN2O4/c1-31-17-9-10-22-18(12-17)21(29)13-23(32-22)14-5-7-16(8-6-14)27-25(30)20-11-15-3-2-4-19(26)24(15)28-20/h2-13,28H,1H3,(H,27,30). The lowest BCUT2D eigenvalue weighted by Gasteiger charge is -2.07. The van der Waals surface area contributed by atoms with Crippen molar-refractivity contribution in [1.29, 1.82) is 0 Å². The van der Waals surface area contributed by atoms with E-state index < -0.39 is 0 Å². The summed E-state index contributed by atoms with van der Waals surface area (Å²) in [5.74, 6) is 0.752. The van der Waals surface area contributed by atoms with Gasteiger partial charge in [0.05, 0.1) is 23.0 Å². The SMILES string of the molecule is COc1ccc2oc(-c3ccc(NC(=O)c4cc5cccc(Cl)c5[nH]4)cc3)cc(=O)c2c1. The molecule has 0 aliphatic heterocycles. The molecule has 0 fully saturated rings. The van der Waals surface area contributed by atoms with Crippen molar-refractivity contribution in [3.8, 4) is 17.1 Å². The van der Waals surface area contributed by atoms with E-state index in [0.717, 1.165) is 16.5 Å². The number of benzene rings is 3. The van der Waals surface area contributed by atoms with Crippen LogP contribution in [0.2, 0.25) is 5.02 Å². The first-order chi connectivity index (χ1) is 15.5. The number of methoxy groups -OCH3 is 1. The van der Waals surface area contributed by atoms with E-state index in [1.807, 2.05) is 12.1 Å². The third-order valence-electron chi connectivity index (χ3n) is 5.21. The van der Waals surface area contributed by atoms with Crippen molar-refractivity contribution in [2.75, 3.05) is 12.4 Å². The number of ether oxygens (including phenoxy) is 1. The number of carbonyl (C=O) groups excluding carboxylic acids is 1. The fourth-order valence-corrected chi connectivity index (χ4v) is 3.79. The van der Waals surface area contributed by atoms with Gasteiger partial charge in [0.1, 0.15) is 22.8 Å². The molecule has 5 aromatic rings. The van der Waals surface area contributed by atoms with Gasteiger partial charge < -0.3 is 19.5 Å². The maximum Gasteiger partial charge on any atom is 0.272 e. The third-order valence-corrected chi connectivity index (χ3v) is 5.53. The van der Waals surface area contributed by atoms with Crippen LogP contribution >= 0.6 is 11.6 Å². The molecular formula is C25H17ClN2O4. The first-order valence-corrected chi connectivity index (χ1v) is 10.2. The Labute approximate surface area is 187 Å². The number of amides is 1. The molecule has 6 nitrogen and oxygen atoms in total. The van der Waals surface area contributed by atoms with Crippen LogP contribution in [0.4, 0.5) is 5.69 Å². The summed E-state index contributed by atoms with van der Waals surface area (Å²) in [5.41, 5.74) is 2.77. The van der Waals surface area contributed by atoms with E-state index in [0.29, 0.717) is 38.9 Å². The van der Waals surface area contributed by atoms with Crippen molar-refractivity contribution >= 4 is 45.1 Å². The summed E-state index contributed by atoms with van der Waals surface area (Å²) in [4.78, 5) is 28.2. The highest BCUT2D eigenvalue weighted by molar-refractivity contribution is 6.35. The van der Waals surface area contributed by atoms with Gasteiger partial charge in [-0.1, -0.05) is 23.7 Å². The molecule has 2 N–H and O–H groups in total. The molecule has 7 heteroatoms. The second-order valence-corrected chi connectivity index (χ2v) is 7.66. The van der Waals surface area contributed by atoms with E-state index in [-0.39, 0.29) is 11.3 Å². The van der Waals surface area contributed by atoms with E-state index in [1.54, 1.807) is 61.7 Å². The monoisotopic (exact) mass is 444 g/mol. The Hall–Kier alpha value is -4.03. The van der Waals surface area contributed by atoms with Crippen LogP contribution in [0.15, 0.2) is 82.0 Å². The second-order valence-electron chi connectivity index (χ2n) is 7.26. The maximum atomic E-state index is 12.6. The normalized spacial score (nSPS) is 11.1. The molecule has 3 aromatic carbocycles. The summed E-state index contributed by atoms with van der Waals surface area (Å²) in [5, 5.41) is 4.73. The number of aromatic amines is 1. The maximum absolute atomic E-state index is 12.6. The van der Waals surface area contributed by atoms with Crippen LogP contribution in [-0.2, 0) is 0 Å². The number of fused-ring (bicyclic) bond motifs is 2. The highest BCUT2D eigenvalue weighted by Gasteiger charge is 2.12. The van der Waals surface area contributed by atoms with Crippen molar-refractivity contribution in [3.05, 3.63) is 93.7 Å². The summed E-state index contributed by atoms with van der Waals surface area (Å²) in [6.07, 6.45) is 0. The van der Waals surface area contributed by atoms with Crippen molar-refractivity contribution in [2.45, 2.75) is 0 Å². The number of H-pyrrole nitrogens is 1. The predicted molar refractivity (Wildman–Crippen MR) is 126 cm³/mol. The third kappa shape index (κ3) is 3.61. The average Bonchev–Trinajstić information content (AvgIpc) is 3.25. The fourth-order valence-electron chi connectivity index (χ4n) is 3.56. The fraction of sp³-hybridized carbons (Fsp3) is 0.0400. The number of carbonyl (C=O) groups is 1. The number of para-hydroxylation sites is 1. The zero-order valence-electron chi connectivity index (χ0n) is 16.9. The molecule has 0 unspecified atom stereocenters. The van der Waals surface area contributed by atoms with Gasteiger partial charge in [-0.2, -0.15) is 0 Å². The molecule has 0 saturated heterocycles. The summed E-state index contributed by atoms with van der Waals surface area (Å²) in [6.45, 7) is 0. The van der Waals surface area contributed by atoms with Gasteiger partial charge in [-0.25, -0.2) is 0 Å². The Morgan fingerprint density at radius 3 is 2.59 bits per heavy atom. The Morgan fingerprint density at radius 2 is 1.84 bits per heavy atom. The molecule has 0 spiro atoms. The summed E-state index contributed by atoms with van der Waals surface area (Å²) in [6, 6.07) is 20.9. The lowest BCUT2D eigenvalue weighted by atomic mass is 10.1. The lowest BCUT2D eigenvalue weighted by molar-refractivity contribution is 0.102. The van der Waals surface area contributed by atoms with Crippen LogP contribution < -0.4 is 15.5 Å². The number of hydrogen-bond donors (Lipinski definition) is 2. The molecule has 32 heavy (non-hydrogen) atoms. The Balaban J connectivity index is 1.39. The molecule has 0 bridgehead atoms. The van der Waals surface area contributed by atoms with Gasteiger partial charge in [0, 0.05) is 22.7 Å². The zero-order chi connectivity index (χ0) is 22.2. The molecule has 2 aromatic heterocycles. The molecule has 0 saturated carbocycles. The predicted octanol–water partition coefficient (Wildman–Crippen LogP) is 5.86. The molecule has 0 radical (unpaired) electrons. The van der Waals surface area contributed by atoms with E-state index in [1.165, 1.54) is 6.07 Å². The van der Waals surface area contributed by atoms with Gasteiger partial charge in [-0.05, 0) is 54.6 Å². The second kappa shape index (κ2) is 7.90. The highest BCUT2D eigenvalue weighted by Crippen LogP contribution is 2.27. The van der Waals surface area contributed by atoms with Crippen LogP contribution in [-0.4, -0.2) is 18.0 Å². The molecular weight excluding hydrogens is 428 g/mol. The first-order valence-electron chi connectivity index (χ1n) is 9.83. The van der Waals surface area contributed by atoms with Crippen molar-refractivity contribution in [2.24, 2.45) is 0 Å². The Kier molecular flexibility index (Phi) is 4.92. The molecule has 0 atom stereocenters. The minimum Gasteiger partial charge on any atom is -0.497 e. The van der Waals surface area contributed by atoms with Crippen molar-refractivity contribution in [3.63, 3.8) is 0 Å². The van der Waals surface area contributed by atoms with Crippen molar-refractivity contribution < 1.29 is 13.9 Å². The minimum atomic E-state index is -0.281. The molecule has 0 aliphatic carbocycles. The molecule has 158 valence electrons. The molecule has 0 aliphatic rings. The quantitative estimate of drug-likeness (QED) is 0.364. The number of anilines is 1. The number of aromatic nitrogens is 1. The Bertz CT molecular complexity index is 1530. The summed E-state index contributed by atoms with van der Waals surface area (Å²) < 4.78 is 11.1. The van der Waals surface area contributed by atoms with E-state index in [9.17, 15) is 9.59 Å². The summed E-state index contributed by atoms with van der Waals surface area (Å²) in [7, 11) is 1.55. The molecule has 2 heterocycles. The number of rotatable bonds is 4. The largest absolute Gasteiger partial charge is 0.497 e. The lowest BCUT2D eigenvalue weighted by Crippen LogP contribution is -2.12.